The van der Waals surface area contributed by atoms with Crippen LogP contribution in [0.15, 0.2) is 48.5 Å². The SMILES string of the molecule is Cc1ccccc1NC(=O)C(C)n1nnc(-c2cccc(C(F)(F)F)c2)n1. The van der Waals surface area contributed by atoms with Crippen LogP contribution in [0.25, 0.3) is 11.4 Å². The number of aryl methyl sites for hydroxylation is 1. The molecule has 3 rings (SSSR count). The van der Waals surface area contributed by atoms with Crippen molar-refractivity contribution in [3.8, 4) is 11.4 Å². The van der Waals surface area contributed by atoms with Gasteiger partial charge in [-0.2, -0.15) is 18.0 Å². The van der Waals surface area contributed by atoms with Crippen molar-refractivity contribution >= 4 is 11.6 Å². The number of hydrogen-bond acceptors (Lipinski definition) is 4. The number of nitrogens with one attached hydrogen (secondary N) is 1. The molecule has 3 aromatic rings. The molecular weight excluding hydrogens is 359 g/mol. The van der Waals surface area contributed by atoms with Gasteiger partial charge < -0.3 is 5.32 Å². The zero-order valence-electron chi connectivity index (χ0n) is 14.5. The third kappa shape index (κ3) is 4.13. The van der Waals surface area contributed by atoms with E-state index >= 15 is 0 Å². The van der Waals surface area contributed by atoms with Crippen LogP contribution in [0, 0.1) is 6.92 Å². The smallest absolute Gasteiger partial charge is 0.324 e. The number of benzene rings is 2. The average Bonchev–Trinajstić information content (AvgIpc) is 3.12. The Morgan fingerprint density at radius 1 is 1.15 bits per heavy atom. The fourth-order valence-electron chi connectivity index (χ4n) is 2.39. The van der Waals surface area contributed by atoms with Gasteiger partial charge in [-0.15, -0.1) is 10.2 Å². The van der Waals surface area contributed by atoms with Crippen molar-refractivity contribution in [2.45, 2.75) is 26.1 Å². The minimum atomic E-state index is -4.47. The number of rotatable bonds is 4. The topological polar surface area (TPSA) is 72.7 Å². The van der Waals surface area contributed by atoms with Crippen LogP contribution < -0.4 is 5.32 Å². The number of carbonyl (C=O) groups is 1. The average molecular weight is 375 g/mol. The number of amides is 1. The number of carbonyl (C=O) groups excluding carboxylic acids is 1. The highest BCUT2D eigenvalue weighted by atomic mass is 19.4. The monoisotopic (exact) mass is 375 g/mol. The Morgan fingerprint density at radius 2 is 1.89 bits per heavy atom. The van der Waals surface area contributed by atoms with Gasteiger partial charge in [0.05, 0.1) is 5.56 Å². The molecule has 0 aliphatic heterocycles. The van der Waals surface area contributed by atoms with Crippen LogP contribution in [0.2, 0.25) is 0 Å². The van der Waals surface area contributed by atoms with Gasteiger partial charge in [0, 0.05) is 11.3 Å². The predicted octanol–water partition coefficient (Wildman–Crippen LogP) is 3.87. The van der Waals surface area contributed by atoms with Crippen molar-refractivity contribution in [2.75, 3.05) is 5.32 Å². The number of halogens is 3. The first-order chi connectivity index (χ1) is 12.8. The molecule has 0 saturated heterocycles. The summed E-state index contributed by atoms with van der Waals surface area (Å²) in [6.07, 6.45) is -4.47. The lowest BCUT2D eigenvalue weighted by Crippen LogP contribution is -2.25. The number of tetrazole rings is 1. The Morgan fingerprint density at radius 3 is 2.59 bits per heavy atom. The van der Waals surface area contributed by atoms with Crippen LogP contribution in [0.3, 0.4) is 0 Å². The summed E-state index contributed by atoms with van der Waals surface area (Å²) in [7, 11) is 0. The van der Waals surface area contributed by atoms with E-state index in [9.17, 15) is 18.0 Å². The van der Waals surface area contributed by atoms with Crippen molar-refractivity contribution in [3.63, 3.8) is 0 Å². The summed E-state index contributed by atoms with van der Waals surface area (Å²) in [4.78, 5) is 13.5. The van der Waals surface area contributed by atoms with Gasteiger partial charge in [-0.3, -0.25) is 4.79 Å². The molecule has 0 radical (unpaired) electrons. The first-order valence-corrected chi connectivity index (χ1v) is 8.09. The second-order valence-corrected chi connectivity index (χ2v) is 5.99. The van der Waals surface area contributed by atoms with Crippen LogP contribution in [0.5, 0.6) is 0 Å². The number of alkyl halides is 3. The van der Waals surface area contributed by atoms with Gasteiger partial charge in [0.1, 0.15) is 6.04 Å². The molecule has 1 N–H and O–H groups in total. The molecule has 1 heterocycles. The first-order valence-electron chi connectivity index (χ1n) is 8.09. The molecule has 1 unspecified atom stereocenters. The summed E-state index contributed by atoms with van der Waals surface area (Å²) in [5.74, 6) is -0.353. The Hall–Kier alpha value is -3.23. The van der Waals surface area contributed by atoms with Crippen LogP contribution in [0.1, 0.15) is 24.1 Å². The molecular formula is C18H16F3N5O. The van der Waals surface area contributed by atoms with E-state index < -0.39 is 17.8 Å². The highest BCUT2D eigenvalue weighted by Gasteiger charge is 2.31. The number of nitrogens with zero attached hydrogens (tertiary/aromatic N) is 4. The molecule has 0 spiro atoms. The summed E-state index contributed by atoms with van der Waals surface area (Å²) < 4.78 is 38.5. The van der Waals surface area contributed by atoms with Gasteiger partial charge >= 0.3 is 6.18 Å². The molecule has 140 valence electrons. The van der Waals surface area contributed by atoms with Crippen LogP contribution >= 0.6 is 0 Å². The maximum absolute atomic E-state index is 12.8. The largest absolute Gasteiger partial charge is 0.416 e. The Kier molecular flexibility index (Phi) is 4.93. The fraction of sp³-hybridized carbons (Fsp3) is 0.222. The summed E-state index contributed by atoms with van der Waals surface area (Å²) in [5, 5.41) is 14.4. The van der Waals surface area contributed by atoms with E-state index in [4.69, 9.17) is 0 Å². The van der Waals surface area contributed by atoms with E-state index in [1.54, 1.807) is 19.1 Å². The predicted molar refractivity (Wildman–Crippen MR) is 92.8 cm³/mol. The van der Waals surface area contributed by atoms with E-state index in [2.05, 4.69) is 20.7 Å². The van der Waals surface area contributed by atoms with Crippen molar-refractivity contribution in [1.29, 1.82) is 0 Å². The molecule has 1 amide bonds. The zero-order chi connectivity index (χ0) is 19.6. The third-order valence-electron chi connectivity index (χ3n) is 4.01. The van der Waals surface area contributed by atoms with E-state index in [1.165, 1.54) is 12.1 Å². The molecule has 9 heteroatoms. The van der Waals surface area contributed by atoms with Gasteiger partial charge in [0.15, 0.2) is 0 Å². The maximum Gasteiger partial charge on any atom is 0.416 e. The summed E-state index contributed by atoms with van der Waals surface area (Å²) in [6, 6.07) is 11.1. The lowest BCUT2D eigenvalue weighted by molar-refractivity contribution is -0.137. The first kappa shape index (κ1) is 18.6. The zero-order valence-corrected chi connectivity index (χ0v) is 14.5. The van der Waals surface area contributed by atoms with Gasteiger partial charge in [-0.25, -0.2) is 0 Å². The van der Waals surface area contributed by atoms with E-state index in [0.29, 0.717) is 5.69 Å². The van der Waals surface area contributed by atoms with Crippen molar-refractivity contribution < 1.29 is 18.0 Å². The van der Waals surface area contributed by atoms with Crippen LogP contribution in [-0.2, 0) is 11.0 Å². The molecule has 6 nitrogen and oxygen atoms in total. The minimum Gasteiger partial charge on any atom is -0.324 e. The molecule has 0 bridgehead atoms. The minimum absolute atomic E-state index is 0.0108. The van der Waals surface area contributed by atoms with Crippen molar-refractivity contribution in [2.24, 2.45) is 0 Å². The van der Waals surface area contributed by atoms with E-state index in [-0.39, 0.29) is 17.3 Å². The summed E-state index contributed by atoms with van der Waals surface area (Å²) in [6.45, 7) is 3.44. The van der Waals surface area contributed by atoms with Gasteiger partial charge in [0.2, 0.25) is 5.82 Å². The molecule has 0 fully saturated rings. The summed E-state index contributed by atoms with van der Waals surface area (Å²) in [5.41, 5.74) is 0.922. The number of para-hydroxylation sites is 1. The molecule has 2 aromatic carbocycles. The summed E-state index contributed by atoms with van der Waals surface area (Å²) >= 11 is 0. The lowest BCUT2D eigenvalue weighted by Gasteiger charge is -2.12. The standard InChI is InChI=1S/C18H16F3N5O/c1-11-6-3-4-9-15(11)22-17(27)12(2)26-24-16(23-25-26)13-7-5-8-14(10-13)18(19,20)21/h3-10,12H,1-2H3,(H,22,27). The Balaban J connectivity index is 1.79. The number of aromatic nitrogens is 4. The van der Waals surface area contributed by atoms with Crippen molar-refractivity contribution in [1.82, 2.24) is 20.2 Å². The molecule has 0 aliphatic rings. The number of anilines is 1. The second kappa shape index (κ2) is 7.18. The molecule has 1 aromatic heterocycles. The third-order valence-corrected chi connectivity index (χ3v) is 4.01. The fourth-order valence-corrected chi connectivity index (χ4v) is 2.39. The van der Waals surface area contributed by atoms with E-state index in [1.807, 2.05) is 19.1 Å². The second-order valence-electron chi connectivity index (χ2n) is 5.99. The highest BCUT2D eigenvalue weighted by molar-refractivity contribution is 5.93. The van der Waals surface area contributed by atoms with Gasteiger partial charge in [-0.05, 0) is 42.8 Å². The van der Waals surface area contributed by atoms with Crippen molar-refractivity contribution in [3.05, 3.63) is 59.7 Å². The van der Waals surface area contributed by atoms with E-state index in [0.717, 1.165) is 22.5 Å². The molecule has 1 atom stereocenters. The van der Waals surface area contributed by atoms with Crippen LogP contribution in [0.4, 0.5) is 18.9 Å². The molecule has 27 heavy (non-hydrogen) atoms. The maximum atomic E-state index is 12.8. The van der Waals surface area contributed by atoms with Gasteiger partial charge in [0.25, 0.3) is 5.91 Å². The normalized spacial score (nSPS) is 12.6. The van der Waals surface area contributed by atoms with Gasteiger partial charge in [-0.1, -0.05) is 30.3 Å². The molecule has 0 aliphatic carbocycles. The van der Waals surface area contributed by atoms with Crippen LogP contribution in [-0.4, -0.2) is 26.1 Å². The number of hydrogen-bond donors (Lipinski definition) is 1. The lowest BCUT2D eigenvalue weighted by atomic mass is 10.1. The molecule has 0 saturated carbocycles. The quantitative estimate of drug-likeness (QED) is 0.751. The Bertz CT molecular complexity index is 967. The Labute approximate surface area is 153 Å². The highest BCUT2D eigenvalue weighted by Crippen LogP contribution is 2.31.